The summed E-state index contributed by atoms with van der Waals surface area (Å²) in [7, 11) is 1.88. The fraction of sp³-hybridized carbons (Fsp3) is 0.375. The molecule has 3 aromatic heterocycles. The minimum absolute atomic E-state index is 0.121. The van der Waals surface area contributed by atoms with Gasteiger partial charge in [0.25, 0.3) is 5.56 Å². The van der Waals surface area contributed by atoms with Gasteiger partial charge in [-0.25, -0.2) is 4.98 Å². The van der Waals surface area contributed by atoms with Crippen LogP contribution >= 0.6 is 11.3 Å². The van der Waals surface area contributed by atoms with Gasteiger partial charge in [-0.3, -0.25) is 4.79 Å². The minimum atomic E-state index is -0.121. The summed E-state index contributed by atoms with van der Waals surface area (Å²) < 4.78 is 6.02. The number of hydrogen-bond donors (Lipinski definition) is 2. The van der Waals surface area contributed by atoms with Crippen LogP contribution in [0.3, 0.4) is 0 Å². The average Bonchev–Trinajstić information content (AvgIpc) is 3.11. The van der Waals surface area contributed by atoms with Gasteiger partial charge in [0.2, 0.25) is 5.95 Å². The number of nitrogens with zero attached hydrogens (tertiary/aromatic N) is 5. The summed E-state index contributed by atoms with van der Waals surface area (Å²) in [5.74, 6) is 2.24. The molecule has 0 aliphatic carbocycles. The first-order valence-electron chi connectivity index (χ1n) is 8.25. The smallest absolute Gasteiger partial charge is 0.268 e. The molecule has 0 bridgehead atoms. The highest BCUT2D eigenvalue weighted by atomic mass is 32.1. The van der Waals surface area contributed by atoms with E-state index < -0.39 is 0 Å². The van der Waals surface area contributed by atoms with Crippen LogP contribution < -0.4 is 21.1 Å². The molecule has 0 atom stereocenters. The molecule has 0 unspecified atom stereocenters. The van der Waals surface area contributed by atoms with Crippen LogP contribution in [0.25, 0.3) is 10.2 Å². The number of nitrogens with one attached hydrogen (secondary N) is 1. The van der Waals surface area contributed by atoms with Crippen molar-refractivity contribution in [2.75, 3.05) is 48.9 Å². The number of ether oxygens (including phenoxy) is 1. The number of morpholine rings is 1. The van der Waals surface area contributed by atoms with Gasteiger partial charge in [0.15, 0.2) is 0 Å². The molecule has 0 amide bonds. The number of thiophene rings is 1. The van der Waals surface area contributed by atoms with Crippen molar-refractivity contribution in [1.29, 1.82) is 0 Å². The fourth-order valence-electron chi connectivity index (χ4n) is 2.89. The van der Waals surface area contributed by atoms with Gasteiger partial charge in [0.1, 0.15) is 22.2 Å². The second kappa shape index (κ2) is 6.89. The van der Waals surface area contributed by atoms with E-state index in [1.165, 1.54) is 11.3 Å². The Morgan fingerprint density at radius 3 is 2.96 bits per heavy atom. The molecule has 0 spiro atoms. The number of nitrogens with two attached hydrogens (primary N) is 1. The molecule has 3 N–H and O–H groups in total. The molecule has 3 aromatic rings. The van der Waals surface area contributed by atoms with Crippen molar-refractivity contribution < 1.29 is 4.74 Å². The number of H-pyrrole nitrogens is 1. The van der Waals surface area contributed by atoms with Crippen LogP contribution in [0, 0.1) is 0 Å². The van der Waals surface area contributed by atoms with Gasteiger partial charge in [0.05, 0.1) is 25.3 Å². The number of anilines is 3. The molecule has 9 nitrogen and oxygen atoms in total. The lowest BCUT2D eigenvalue weighted by Crippen LogP contribution is -2.37. The lowest BCUT2D eigenvalue weighted by Gasteiger charge is -2.28. The van der Waals surface area contributed by atoms with Gasteiger partial charge in [-0.1, -0.05) is 0 Å². The molecule has 4 heterocycles. The highest BCUT2D eigenvalue weighted by molar-refractivity contribution is 7.17. The Hall–Kier alpha value is -2.72. The summed E-state index contributed by atoms with van der Waals surface area (Å²) in [6.07, 6.45) is 0. The number of aromatic nitrogens is 4. The number of fused-ring (bicyclic) bond motifs is 1. The van der Waals surface area contributed by atoms with Gasteiger partial charge in [-0.05, 0) is 11.4 Å². The van der Waals surface area contributed by atoms with E-state index in [4.69, 9.17) is 10.5 Å². The monoisotopic (exact) mass is 373 g/mol. The molecule has 1 aliphatic heterocycles. The first kappa shape index (κ1) is 16.7. The molecule has 136 valence electrons. The summed E-state index contributed by atoms with van der Waals surface area (Å²) >= 11 is 1.38. The Balaban J connectivity index is 1.59. The Kier molecular flexibility index (Phi) is 4.43. The quantitative estimate of drug-likeness (QED) is 0.691. The predicted molar refractivity (Wildman–Crippen MR) is 102 cm³/mol. The van der Waals surface area contributed by atoms with Gasteiger partial charge in [-0.2, -0.15) is 9.97 Å². The van der Waals surface area contributed by atoms with Crippen LogP contribution in [0.2, 0.25) is 0 Å². The zero-order valence-corrected chi connectivity index (χ0v) is 15.1. The Labute approximate surface area is 153 Å². The van der Waals surface area contributed by atoms with E-state index in [0.717, 1.165) is 18.9 Å². The van der Waals surface area contributed by atoms with Crippen LogP contribution in [0.15, 0.2) is 22.3 Å². The topological polar surface area (TPSA) is 113 Å². The molecular weight excluding hydrogens is 354 g/mol. The maximum Gasteiger partial charge on any atom is 0.268 e. The van der Waals surface area contributed by atoms with Crippen molar-refractivity contribution in [1.82, 2.24) is 19.9 Å². The summed E-state index contributed by atoms with van der Waals surface area (Å²) in [6, 6.07) is 3.74. The van der Waals surface area contributed by atoms with Crippen molar-refractivity contribution in [3.8, 4) is 0 Å². The van der Waals surface area contributed by atoms with Crippen molar-refractivity contribution in [2.45, 2.75) is 6.54 Å². The van der Waals surface area contributed by atoms with E-state index >= 15 is 0 Å². The molecule has 0 aromatic carbocycles. The van der Waals surface area contributed by atoms with Gasteiger partial charge in [-0.15, -0.1) is 11.3 Å². The second-order valence-electron chi connectivity index (χ2n) is 6.05. The summed E-state index contributed by atoms with van der Waals surface area (Å²) in [6.45, 7) is 3.27. The van der Waals surface area contributed by atoms with Crippen molar-refractivity contribution in [2.24, 2.45) is 0 Å². The number of aromatic amines is 1. The molecule has 10 heteroatoms. The van der Waals surface area contributed by atoms with Crippen LogP contribution in [-0.4, -0.2) is 53.3 Å². The molecular formula is C16H19N7O2S. The van der Waals surface area contributed by atoms with Crippen LogP contribution in [0.5, 0.6) is 0 Å². The number of rotatable bonds is 4. The lowest BCUT2D eigenvalue weighted by atomic mass is 10.3. The van der Waals surface area contributed by atoms with E-state index in [2.05, 4.69) is 24.8 Å². The first-order valence-corrected chi connectivity index (χ1v) is 9.13. The van der Waals surface area contributed by atoms with Crippen LogP contribution in [0.1, 0.15) is 5.82 Å². The average molecular weight is 373 g/mol. The van der Waals surface area contributed by atoms with E-state index in [1.807, 2.05) is 29.5 Å². The molecule has 1 fully saturated rings. The first-order chi connectivity index (χ1) is 12.6. The zero-order valence-electron chi connectivity index (χ0n) is 14.3. The number of hydrogen-bond acceptors (Lipinski definition) is 9. The summed E-state index contributed by atoms with van der Waals surface area (Å²) in [5.41, 5.74) is 6.49. The number of nitrogen functional groups attached to an aromatic ring is 1. The SMILES string of the molecule is CN(Cc1nc2ccsc2c(=O)[nH]1)c1cc(N2CCOCC2)nc(N)n1. The minimum Gasteiger partial charge on any atom is -0.378 e. The molecule has 1 aliphatic rings. The van der Waals surface area contributed by atoms with Crippen LogP contribution in [-0.2, 0) is 11.3 Å². The van der Waals surface area contributed by atoms with Crippen molar-refractivity contribution in [3.63, 3.8) is 0 Å². The van der Waals surface area contributed by atoms with Gasteiger partial charge >= 0.3 is 0 Å². The van der Waals surface area contributed by atoms with E-state index in [-0.39, 0.29) is 11.5 Å². The normalized spacial score (nSPS) is 14.7. The predicted octanol–water partition coefficient (Wildman–Crippen LogP) is 0.830. The third kappa shape index (κ3) is 3.33. The highest BCUT2D eigenvalue weighted by Crippen LogP contribution is 2.21. The van der Waals surface area contributed by atoms with E-state index in [0.29, 0.717) is 41.6 Å². The fourth-order valence-corrected chi connectivity index (χ4v) is 3.62. The zero-order chi connectivity index (χ0) is 18.1. The molecule has 0 saturated carbocycles. The van der Waals surface area contributed by atoms with E-state index in [9.17, 15) is 4.79 Å². The standard InChI is InChI=1S/C16H19N7O2S/c1-22(9-11-18-10-2-7-26-14(10)15(24)19-11)12-8-13(21-16(17)20-12)23-3-5-25-6-4-23/h2,7-8H,3-6,9H2,1H3,(H2,17,20,21)(H,18,19,24). The maximum atomic E-state index is 12.1. The highest BCUT2D eigenvalue weighted by Gasteiger charge is 2.16. The third-order valence-corrected chi connectivity index (χ3v) is 5.10. The van der Waals surface area contributed by atoms with Crippen molar-refractivity contribution in [3.05, 3.63) is 33.7 Å². The van der Waals surface area contributed by atoms with Crippen molar-refractivity contribution >= 4 is 39.1 Å². The Bertz CT molecular complexity index is 980. The maximum absolute atomic E-state index is 12.1. The second-order valence-corrected chi connectivity index (χ2v) is 6.96. The van der Waals surface area contributed by atoms with E-state index in [1.54, 1.807) is 0 Å². The lowest BCUT2D eigenvalue weighted by molar-refractivity contribution is 0.122. The Morgan fingerprint density at radius 2 is 2.15 bits per heavy atom. The summed E-state index contributed by atoms with van der Waals surface area (Å²) in [4.78, 5) is 32.1. The molecule has 0 radical (unpaired) electrons. The molecule has 1 saturated heterocycles. The molecule has 26 heavy (non-hydrogen) atoms. The third-order valence-electron chi connectivity index (χ3n) is 4.19. The summed E-state index contributed by atoms with van der Waals surface area (Å²) in [5, 5.41) is 1.86. The van der Waals surface area contributed by atoms with Gasteiger partial charge < -0.3 is 25.3 Å². The van der Waals surface area contributed by atoms with Gasteiger partial charge in [0, 0.05) is 26.2 Å². The molecule has 4 rings (SSSR count). The largest absolute Gasteiger partial charge is 0.378 e. The van der Waals surface area contributed by atoms with Crippen LogP contribution in [0.4, 0.5) is 17.6 Å². The Morgan fingerprint density at radius 1 is 1.35 bits per heavy atom.